The Morgan fingerprint density at radius 3 is 2.46 bits per heavy atom. The lowest BCUT2D eigenvalue weighted by atomic mass is 10.5. The molecule has 0 aromatic rings. The van der Waals surface area contributed by atoms with Gasteiger partial charge in [-0.25, -0.2) is 9.91 Å². The van der Waals surface area contributed by atoms with Crippen molar-refractivity contribution in [1.82, 2.24) is 9.91 Å². The number of hydrazone groups is 1. The molecule has 7 heteroatoms. The van der Waals surface area contributed by atoms with Gasteiger partial charge in [-0.1, -0.05) is 6.92 Å². The van der Waals surface area contributed by atoms with Gasteiger partial charge in [0.2, 0.25) is 0 Å². The average Bonchev–Trinajstić information content (AvgIpc) is 2.32. The van der Waals surface area contributed by atoms with Gasteiger partial charge in [0.1, 0.15) is 6.34 Å². The first kappa shape index (κ1) is 10.1. The highest BCUT2D eigenvalue weighted by atomic mass is 19.4. The maximum atomic E-state index is 12.9. The summed E-state index contributed by atoms with van der Waals surface area (Å²) >= 11 is 0. The fourth-order valence-corrected chi connectivity index (χ4v) is 0.955. The number of alkyl halides is 4. The van der Waals surface area contributed by atoms with Crippen LogP contribution in [0.4, 0.5) is 17.6 Å². The van der Waals surface area contributed by atoms with Crippen molar-refractivity contribution in [2.24, 2.45) is 5.10 Å². The highest BCUT2D eigenvalue weighted by molar-refractivity contribution is 5.57. The van der Waals surface area contributed by atoms with Gasteiger partial charge in [0.05, 0.1) is 0 Å². The van der Waals surface area contributed by atoms with Gasteiger partial charge in [-0.3, -0.25) is 0 Å². The summed E-state index contributed by atoms with van der Waals surface area (Å²) in [5.41, 5.74) is 0. The van der Waals surface area contributed by atoms with Gasteiger partial charge < -0.3 is 0 Å². The Morgan fingerprint density at radius 2 is 2.08 bits per heavy atom. The minimum atomic E-state index is -4.70. The summed E-state index contributed by atoms with van der Waals surface area (Å²) in [5, 5.41) is 4.05. The van der Waals surface area contributed by atoms with E-state index in [4.69, 9.17) is 0 Å². The molecule has 3 nitrogen and oxygen atoms in total. The molecule has 0 fully saturated rings. The first-order valence-electron chi connectivity index (χ1n) is 3.76. The molecule has 1 heterocycles. The summed E-state index contributed by atoms with van der Waals surface area (Å²) < 4.78 is 48.9. The lowest BCUT2D eigenvalue weighted by Gasteiger charge is -2.24. The molecule has 0 bridgehead atoms. The van der Waals surface area contributed by atoms with E-state index < -0.39 is 12.7 Å². The van der Waals surface area contributed by atoms with E-state index in [0.717, 1.165) is 5.01 Å². The predicted molar refractivity (Wildman–Crippen MR) is 38.3 cm³/mol. The Kier molecular flexibility index (Phi) is 2.63. The lowest BCUT2D eigenvalue weighted by Crippen LogP contribution is -2.44. The van der Waals surface area contributed by atoms with Gasteiger partial charge in [-0.15, -0.1) is 13.2 Å². The van der Waals surface area contributed by atoms with Crippen LogP contribution < -0.4 is 0 Å². The first-order valence-corrected chi connectivity index (χ1v) is 3.76. The molecule has 0 N–H and O–H groups in total. The lowest BCUT2D eigenvalue weighted by molar-refractivity contribution is -0.252. The summed E-state index contributed by atoms with van der Waals surface area (Å²) in [6, 6.07) is 0. The van der Waals surface area contributed by atoms with Crippen LogP contribution in [0.3, 0.4) is 0 Å². The standard InChI is InChI=1S/C6H9F4N3/c1-2-3-13-5(7)12(4-11-13)6(8,9)10/h4-5H,2-3H2,1H3. The Balaban J connectivity index is 2.61. The normalized spacial score (nSPS) is 23.0. The minimum absolute atomic E-state index is 0.171. The van der Waals surface area contributed by atoms with Crippen molar-refractivity contribution in [1.29, 1.82) is 0 Å². The van der Waals surface area contributed by atoms with Crippen LogP contribution in [0.5, 0.6) is 0 Å². The second-order valence-corrected chi connectivity index (χ2v) is 2.58. The Bertz CT molecular complexity index is 203. The third kappa shape index (κ3) is 2.02. The zero-order valence-electron chi connectivity index (χ0n) is 6.92. The third-order valence-electron chi connectivity index (χ3n) is 1.55. The van der Waals surface area contributed by atoms with E-state index in [1.807, 2.05) is 0 Å². The van der Waals surface area contributed by atoms with Gasteiger partial charge in [0.15, 0.2) is 0 Å². The van der Waals surface area contributed by atoms with Crippen molar-refractivity contribution in [2.45, 2.75) is 26.1 Å². The van der Waals surface area contributed by atoms with Crippen LogP contribution in [0.25, 0.3) is 0 Å². The number of hydrogen-bond donors (Lipinski definition) is 0. The Morgan fingerprint density at radius 1 is 1.46 bits per heavy atom. The van der Waals surface area contributed by atoms with Crippen LogP contribution in [0.1, 0.15) is 13.3 Å². The molecule has 0 radical (unpaired) electrons. The predicted octanol–water partition coefficient (Wildman–Crippen LogP) is 1.73. The molecule has 1 rings (SSSR count). The molecule has 13 heavy (non-hydrogen) atoms. The van der Waals surface area contributed by atoms with Crippen molar-refractivity contribution in [3.8, 4) is 0 Å². The number of rotatable bonds is 2. The topological polar surface area (TPSA) is 18.8 Å². The minimum Gasteiger partial charge on any atom is -0.245 e. The summed E-state index contributed by atoms with van der Waals surface area (Å²) in [4.78, 5) is -0.372. The molecule has 1 aliphatic rings. The Labute approximate surface area is 72.6 Å². The first-order chi connectivity index (χ1) is 5.96. The fraction of sp³-hybridized carbons (Fsp3) is 0.833. The summed E-state index contributed by atoms with van der Waals surface area (Å²) in [5.74, 6) is 0. The number of halogens is 4. The molecule has 76 valence electrons. The van der Waals surface area contributed by atoms with Crippen LogP contribution in [0.15, 0.2) is 5.10 Å². The second kappa shape index (κ2) is 3.39. The summed E-state index contributed by atoms with van der Waals surface area (Å²) in [6.45, 7) is 1.91. The van der Waals surface area contributed by atoms with E-state index in [-0.39, 0.29) is 11.4 Å². The molecule has 0 amide bonds. The van der Waals surface area contributed by atoms with Crippen molar-refractivity contribution in [3.05, 3.63) is 0 Å². The molecule has 0 aliphatic carbocycles. The van der Waals surface area contributed by atoms with Crippen molar-refractivity contribution in [2.75, 3.05) is 6.54 Å². The highest BCUT2D eigenvalue weighted by Crippen LogP contribution is 2.27. The van der Waals surface area contributed by atoms with E-state index in [1.165, 1.54) is 0 Å². The van der Waals surface area contributed by atoms with Crippen LogP contribution in [-0.4, -0.2) is 35.5 Å². The number of hydrogen-bond acceptors (Lipinski definition) is 3. The molecule has 0 saturated carbocycles. The molecule has 0 spiro atoms. The maximum absolute atomic E-state index is 12.9. The summed E-state index contributed by atoms with van der Waals surface area (Å²) in [6.07, 6.45) is -5.92. The number of nitrogens with zero attached hydrogens (tertiary/aromatic N) is 3. The largest absolute Gasteiger partial charge is 0.489 e. The molecule has 1 unspecified atom stereocenters. The van der Waals surface area contributed by atoms with Crippen molar-refractivity contribution >= 4 is 6.34 Å². The molecule has 1 aliphatic heterocycles. The molecule has 0 aromatic heterocycles. The maximum Gasteiger partial charge on any atom is 0.489 e. The van der Waals surface area contributed by atoms with Gasteiger partial charge in [-0.05, 0) is 6.42 Å². The van der Waals surface area contributed by atoms with Crippen LogP contribution in [0, 0.1) is 0 Å². The Hall–Kier alpha value is -1.01. The van der Waals surface area contributed by atoms with E-state index in [0.29, 0.717) is 12.8 Å². The van der Waals surface area contributed by atoms with E-state index in [2.05, 4.69) is 5.10 Å². The van der Waals surface area contributed by atoms with Crippen LogP contribution >= 0.6 is 0 Å². The van der Waals surface area contributed by atoms with E-state index >= 15 is 0 Å². The van der Waals surface area contributed by atoms with Crippen molar-refractivity contribution < 1.29 is 17.6 Å². The van der Waals surface area contributed by atoms with Crippen LogP contribution in [0.2, 0.25) is 0 Å². The van der Waals surface area contributed by atoms with E-state index in [9.17, 15) is 17.6 Å². The zero-order chi connectivity index (χ0) is 10.1. The van der Waals surface area contributed by atoms with Gasteiger partial charge in [0.25, 0.3) is 6.42 Å². The average molecular weight is 199 g/mol. The van der Waals surface area contributed by atoms with Crippen molar-refractivity contribution in [3.63, 3.8) is 0 Å². The summed E-state index contributed by atoms with van der Waals surface area (Å²) in [7, 11) is 0. The quantitative estimate of drug-likeness (QED) is 0.498. The monoisotopic (exact) mass is 199 g/mol. The van der Waals surface area contributed by atoms with Gasteiger partial charge >= 0.3 is 6.30 Å². The third-order valence-corrected chi connectivity index (χ3v) is 1.55. The molecule has 0 aromatic carbocycles. The SMILES string of the molecule is CCCN1N=CN(C(F)(F)F)C1F. The molecular weight excluding hydrogens is 190 g/mol. The smallest absolute Gasteiger partial charge is 0.245 e. The molecular formula is C6H9F4N3. The molecule has 1 atom stereocenters. The van der Waals surface area contributed by atoms with Gasteiger partial charge in [0, 0.05) is 6.54 Å². The molecule has 0 saturated heterocycles. The fourth-order valence-electron chi connectivity index (χ4n) is 0.955. The highest BCUT2D eigenvalue weighted by Gasteiger charge is 2.45. The van der Waals surface area contributed by atoms with Crippen LogP contribution in [-0.2, 0) is 0 Å². The van der Waals surface area contributed by atoms with Gasteiger partial charge in [-0.2, -0.15) is 9.49 Å². The van der Waals surface area contributed by atoms with E-state index in [1.54, 1.807) is 6.92 Å². The zero-order valence-corrected chi connectivity index (χ0v) is 6.92. The second-order valence-electron chi connectivity index (χ2n) is 2.58.